The van der Waals surface area contributed by atoms with Crippen LogP contribution in [-0.2, 0) is 4.79 Å². The smallest absolute Gasteiger partial charge is 0.273 e. The topological polar surface area (TPSA) is 54.1 Å². The number of carbonyl (C=O) groups is 1. The molecule has 4 heteroatoms. The summed E-state index contributed by atoms with van der Waals surface area (Å²) in [7, 11) is 0. The summed E-state index contributed by atoms with van der Waals surface area (Å²) in [5, 5.41) is 0. The van der Waals surface area contributed by atoms with Crippen LogP contribution in [0.15, 0.2) is 15.0 Å². The van der Waals surface area contributed by atoms with Crippen molar-refractivity contribution >= 4 is 24.0 Å². The Bertz CT molecular complexity index is 264. The summed E-state index contributed by atoms with van der Waals surface area (Å²) < 4.78 is 0. The highest BCUT2D eigenvalue weighted by atomic mass is 16.1. The van der Waals surface area contributed by atoms with Crippen LogP contribution in [0.3, 0.4) is 0 Å². The molecule has 2 aliphatic heterocycles. The average molecular weight is 135 g/mol. The SMILES string of the molecule is O=C1N=CC2C=NCN=C12. The van der Waals surface area contributed by atoms with Crippen LogP contribution in [0.1, 0.15) is 0 Å². The van der Waals surface area contributed by atoms with Gasteiger partial charge in [0, 0.05) is 12.4 Å². The maximum Gasteiger partial charge on any atom is 0.291 e. The van der Waals surface area contributed by atoms with Crippen molar-refractivity contribution in [3.05, 3.63) is 0 Å². The summed E-state index contributed by atoms with van der Waals surface area (Å²) in [6, 6.07) is 0. The zero-order valence-electron chi connectivity index (χ0n) is 5.19. The highest BCUT2D eigenvalue weighted by Gasteiger charge is 2.26. The molecule has 0 aromatic carbocycles. The molecule has 10 heavy (non-hydrogen) atoms. The normalized spacial score (nSPS) is 28.6. The lowest BCUT2D eigenvalue weighted by Gasteiger charge is -2.03. The summed E-state index contributed by atoms with van der Waals surface area (Å²) in [6.07, 6.45) is 3.28. The number of carbonyl (C=O) groups excluding carboxylic acids is 1. The van der Waals surface area contributed by atoms with Crippen molar-refractivity contribution in [2.75, 3.05) is 6.67 Å². The van der Waals surface area contributed by atoms with Crippen molar-refractivity contribution in [1.82, 2.24) is 0 Å². The second kappa shape index (κ2) is 1.83. The third kappa shape index (κ3) is 0.618. The van der Waals surface area contributed by atoms with E-state index in [0.29, 0.717) is 12.4 Å². The summed E-state index contributed by atoms with van der Waals surface area (Å²) in [6.45, 7) is 0.376. The largest absolute Gasteiger partial charge is 0.291 e. The molecule has 1 amide bonds. The fourth-order valence-electron chi connectivity index (χ4n) is 0.987. The van der Waals surface area contributed by atoms with Gasteiger partial charge >= 0.3 is 0 Å². The number of aliphatic imine (C=N–C) groups is 3. The Morgan fingerprint density at radius 3 is 3.20 bits per heavy atom. The van der Waals surface area contributed by atoms with Crippen LogP contribution < -0.4 is 0 Å². The lowest BCUT2D eigenvalue weighted by molar-refractivity contribution is -0.111. The van der Waals surface area contributed by atoms with Crippen LogP contribution >= 0.6 is 0 Å². The van der Waals surface area contributed by atoms with Gasteiger partial charge in [-0.3, -0.25) is 14.8 Å². The Kier molecular flexibility index (Phi) is 1.00. The Hall–Kier alpha value is -1.32. The van der Waals surface area contributed by atoms with Crippen LogP contribution in [0.2, 0.25) is 0 Å². The lowest BCUT2D eigenvalue weighted by Crippen LogP contribution is -2.21. The fraction of sp³-hybridized carbons (Fsp3) is 0.333. The van der Waals surface area contributed by atoms with E-state index in [2.05, 4.69) is 15.0 Å². The summed E-state index contributed by atoms with van der Waals surface area (Å²) in [5.74, 6) is -0.252. The summed E-state index contributed by atoms with van der Waals surface area (Å²) in [5.41, 5.74) is 0.537. The van der Waals surface area contributed by atoms with Gasteiger partial charge in [0.2, 0.25) is 0 Å². The summed E-state index contributed by atoms with van der Waals surface area (Å²) in [4.78, 5) is 22.2. The predicted molar refractivity (Wildman–Crippen MR) is 37.8 cm³/mol. The van der Waals surface area contributed by atoms with Gasteiger partial charge in [-0.15, -0.1) is 0 Å². The molecule has 2 aliphatic rings. The molecule has 4 nitrogen and oxygen atoms in total. The molecule has 0 saturated carbocycles. The molecule has 0 bridgehead atoms. The van der Waals surface area contributed by atoms with Gasteiger partial charge in [-0.25, -0.2) is 4.99 Å². The predicted octanol–water partition coefficient (Wildman–Crippen LogP) is -0.303. The zero-order valence-corrected chi connectivity index (χ0v) is 5.19. The molecule has 0 aliphatic carbocycles. The van der Waals surface area contributed by atoms with E-state index in [1.165, 1.54) is 0 Å². The molecule has 2 rings (SSSR count). The van der Waals surface area contributed by atoms with E-state index in [0.717, 1.165) is 0 Å². The van der Waals surface area contributed by atoms with E-state index in [1.807, 2.05) is 0 Å². The first-order valence-electron chi connectivity index (χ1n) is 3.01. The Balaban J connectivity index is 2.39. The first-order chi connectivity index (χ1) is 4.88. The molecule has 1 atom stereocenters. The van der Waals surface area contributed by atoms with Gasteiger partial charge in [0.25, 0.3) is 5.91 Å². The number of hydrogen-bond donors (Lipinski definition) is 0. The first kappa shape index (κ1) is 5.46. The third-order valence-corrected chi connectivity index (χ3v) is 1.48. The van der Waals surface area contributed by atoms with Gasteiger partial charge < -0.3 is 0 Å². The highest BCUT2D eigenvalue weighted by molar-refractivity contribution is 6.50. The Morgan fingerprint density at radius 1 is 1.50 bits per heavy atom. The number of fused-ring (bicyclic) bond motifs is 1. The number of hydrogen-bond acceptors (Lipinski definition) is 3. The highest BCUT2D eigenvalue weighted by Crippen LogP contribution is 2.08. The van der Waals surface area contributed by atoms with E-state index < -0.39 is 0 Å². The molecule has 1 unspecified atom stereocenters. The minimum absolute atomic E-state index is 0.0405. The van der Waals surface area contributed by atoms with Crippen molar-refractivity contribution in [3.8, 4) is 0 Å². The summed E-state index contributed by atoms with van der Waals surface area (Å²) >= 11 is 0. The standard InChI is InChI=1S/C6H5N3O/c10-6-5-4(2-8-6)1-7-3-9-5/h1-2,4H,3H2. The fourth-order valence-corrected chi connectivity index (χ4v) is 0.987. The van der Waals surface area contributed by atoms with Crippen LogP contribution in [0.5, 0.6) is 0 Å². The molecular weight excluding hydrogens is 130 g/mol. The van der Waals surface area contributed by atoms with Gasteiger partial charge in [-0.05, 0) is 0 Å². The maximum atomic E-state index is 10.8. The number of rotatable bonds is 0. The van der Waals surface area contributed by atoms with Crippen LogP contribution in [0, 0.1) is 5.92 Å². The lowest BCUT2D eigenvalue weighted by atomic mass is 10.1. The van der Waals surface area contributed by atoms with Crippen molar-refractivity contribution < 1.29 is 4.79 Å². The van der Waals surface area contributed by atoms with E-state index in [-0.39, 0.29) is 11.8 Å². The molecule has 0 N–H and O–H groups in total. The van der Waals surface area contributed by atoms with Gasteiger partial charge in [0.05, 0.1) is 5.92 Å². The van der Waals surface area contributed by atoms with Crippen molar-refractivity contribution in [2.24, 2.45) is 20.9 Å². The third-order valence-electron chi connectivity index (χ3n) is 1.48. The monoisotopic (exact) mass is 135 g/mol. The van der Waals surface area contributed by atoms with Crippen LogP contribution in [-0.4, -0.2) is 30.7 Å². The molecule has 50 valence electrons. The quantitative estimate of drug-likeness (QED) is 0.449. The molecule has 0 aromatic heterocycles. The molecule has 0 fully saturated rings. The molecule has 2 heterocycles. The van der Waals surface area contributed by atoms with Crippen LogP contribution in [0.25, 0.3) is 0 Å². The van der Waals surface area contributed by atoms with Gasteiger partial charge in [-0.1, -0.05) is 0 Å². The van der Waals surface area contributed by atoms with E-state index in [4.69, 9.17) is 0 Å². The minimum Gasteiger partial charge on any atom is -0.273 e. The zero-order chi connectivity index (χ0) is 6.97. The van der Waals surface area contributed by atoms with Gasteiger partial charge in [0.15, 0.2) is 0 Å². The van der Waals surface area contributed by atoms with Gasteiger partial charge in [0.1, 0.15) is 12.4 Å². The molecule has 0 saturated heterocycles. The maximum absolute atomic E-state index is 10.8. The van der Waals surface area contributed by atoms with Crippen LogP contribution in [0.4, 0.5) is 0 Å². The number of nitrogens with zero attached hydrogens (tertiary/aromatic N) is 3. The molecular formula is C6H5N3O. The second-order valence-electron chi connectivity index (χ2n) is 2.13. The first-order valence-corrected chi connectivity index (χ1v) is 3.01. The van der Waals surface area contributed by atoms with Crippen molar-refractivity contribution in [2.45, 2.75) is 0 Å². The Morgan fingerprint density at radius 2 is 2.40 bits per heavy atom. The van der Waals surface area contributed by atoms with Gasteiger partial charge in [-0.2, -0.15) is 0 Å². The van der Waals surface area contributed by atoms with Crippen molar-refractivity contribution in [3.63, 3.8) is 0 Å². The molecule has 0 aromatic rings. The second-order valence-corrected chi connectivity index (χ2v) is 2.13. The molecule has 0 radical (unpaired) electrons. The van der Waals surface area contributed by atoms with E-state index in [9.17, 15) is 4.79 Å². The van der Waals surface area contributed by atoms with Crippen molar-refractivity contribution in [1.29, 1.82) is 0 Å². The molecule has 0 spiro atoms. The Labute approximate surface area is 57.4 Å². The average Bonchev–Trinajstić information content (AvgIpc) is 2.34. The minimum atomic E-state index is -0.212. The van der Waals surface area contributed by atoms with E-state index in [1.54, 1.807) is 12.4 Å². The van der Waals surface area contributed by atoms with E-state index >= 15 is 0 Å². The number of amides is 1.